The van der Waals surface area contributed by atoms with Gasteiger partial charge in [0.05, 0.1) is 8.81 Å². The number of hydrogen-bond acceptors (Lipinski definition) is 2. The van der Waals surface area contributed by atoms with E-state index in [0.717, 1.165) is 15.9 Å². The average Bonchev–Trinajstić information content (AvgIpc) is 2.81. The van der Waals surface area contributed by atoms with Crippen LogP contribution in [0, 0.1) is 5.82 Å². The van der Waals surface area contributed by atoms with Crippen molar-refractivity contribution in [3.8, 4) is 0 Å². The third-order valence-corrected chi connectivity index (χ3v) is 4.71. The molecule has 1 aromatic carbocycles. The van der Waals surface area contributed by atoms with Crippen molar-refractivity contribution in [2.45, 2.75) is 19.4 Å². The molecular weight excluding hydrogens is 349 g/mol. The van der Waals surface area contributed by atoms with Crippen molar-refractivity contribution in [3.63, 3.8) is 0 Å². The van der Waals surface area contributed by atoms with Crippen molar-refractivity contribution in [1.82, 2.24) is 5.32 Å². The van der Waals surface area contributed by atoms with Gasteiger partial charge in [-0.3, -0.25) is 0 Å². The Morgan fingerprint density at radius 3 is 2.89 bits per heavy atom. The van der Waals surface area contributed by atoms with Crippen molar-refractivity contribution < 1.29 is 4.39 Å². The second kappa shape index (κ2) is 6.84. The van der Waals surface area contributed by atoms with Crippen LogP contribution in [-0.2, 0) is 6.42 Å². The Morgan fingerprint density at radius 2 is 2.26 bits per heavy atom. The summed E-state index contributed by atoms with van der Waals surface area (Å²) in [6, 6.07) is 7.31. The molecule has 0 saturated heterocycles. The van der Waals surface area contributed by atoms with Crippen LogP contribution in [0.5, 0.6) is 0 Å². The first kappa shape index (κ1) is 15.0. The predicted molar refractivity (Wildman–Crippen MR) is 83.6 cm³/mol. The number of thiophene rings is 1. The zero-order valence-electron chi connectivity index (χ0n) is 10.4. The minimum atomic E-state index is -0.318. The Bertz CT molecular complexity index is 558. The van der Waals surface area contributed by atoms with Gasteiger partial charge in [0.15, 0.2) is 0 Å². The maximum atomic E-state index is 14.0. The van der Waals surface area contributed by atoms with Crippen LogP contribution in [0.3, 0.4) is 0 Å². The zero-order valence-corrected chi connectivity index (χ0v) is 13.6. The molecule has 0 spiro atoms. The highest BCUT2D eigenvalue weighted by molar-refractivity contribution is 9.11. The highest BCUT2D eigenvalue weighted by Crippen LogP contribution is 2.29. The van der Waals surface area contributed by atoms with E-state index in [9.17, 15) is 4.39 Å². The van der Waals surface area contributed by atoms with E-state index in [0.29, 0.717) is 12.0 Å². The quantitative estimate of drug-likeness (QED) is 0.771. The molecule has 1 atom stereocenters. The van der Waals surface area contributed by atoms with Gasteiger partial charge in [0.2, 0.25) is 0 Å². The Morgan fingerprint density at radius 1 is 1.47 bits per heavy atom. The molecule has 1 N–H and O–H groups in total. The molecule has 2 aromatic rings. The van der Waals surface area contributed by atoms with Crippen LogP contribution in [0.25, 0.3) is 0 Å². The Hall–Kier alpha value is -0.420. The summed E-state index contributed by atoms with van der Waals surface area (Å²) < 4.78 is 15.0. The maximum Gasteiger partial charge on any atom is 0.145 e. The third-order valence-electron chi connectivity index (χ3n) is 2.90. The van der Waals surface area contributed by atoms with Gasteiger partial charge in [-0.1, -0.05) is 30.7 Å². The largest absolute Gasteiger partial charge is 0.310 e. The van der Waals surface area contributed by atoms with Crippen LogP contribution in [-0.4, -0.2) is 6.54 Å². The molecule has 102 valence electrons. The van der Waals surface area contributed by atoms with Gasteiger partial charge >= 0.3 is 0 Å². The first-order valence-electron chi connectivity index (χ1n) is 6.02. The fourth-order valence-electron chi connectivity index (χ4n) is 1.99. The zero-order chi connectivity index (χ0) is 13.8. The van der Waals surface area contributed by atoms with E-state index in [1.165, 1.54) is 0 Å². The lowest BCUT2D eigenvalue weighted by molar-refractivity contribution is 0.529. The minimum Gasteiger partial charge on any atom is -0.310 e. The van der Waals surface area contributed by atoms with Gasteiger partial charge in [-0.2, -0.15) is 0 Å². The monoisotopic (exact) mass is 361 g/mol. The van der Waals surface area contributed by atoms with Crippen molar-refractivity contribution in [2.24, 2.45) is 0 Å². The van der Waals surface area contributed by atoms with Gasteiger partial charge in [0.25, 0.3) is 0 Å². The molecule has 0 radical (unpaired) electrons. The minimum absolute atomic E-state index is 0.0977. The van der Waals surface area contributed by atoms with Crippen LogP contribution in [0.1, 0.15) is 24.1 Å². The first-order valence-corrected chi connectivity index (χ1v) is 8.07. The molecule has 1 aromatic heterocycles. The number of benzene rings is 1. The molecule has 0 bridgehead atoms. The summed E-state index contributed by atoms with van der Waals surface area (Å²) in [6.07, 6.45) is 0.587. The molecule has 5 heteroatoms. The van der Waals surface area contributed by atoms with E-state index in [4.69, 9.17) is 11.6 Å². The lowest BCUT2D eigenvalue weighted by Gasteiger charge is -2.17. The summed E-state index contributed by atoms with van der Waals surface area (Å²) in [7, 11) is 0. The molecule has 19 heavy (non-hydrogen) atoms. The molecule has 1 nitrogen and oxygen atoms in total. The van der Waals surface area contributed by atoms with Crippen LogP contribution in [0.4, 0.5) is 4.39 Å². The van der Waals surface area contributed by atoms with Crippen molar-refractivity contribution >= 4 is 38.9 Å². The molecule has 1 heterocycles. The molecule has 0 aliphatic carbocycles. The normalized spacial score (nSPS) is 12.6. The average molecular weight is 363 g/mol. The number of halogens is 3. The van der Waals surface area contributed by atoms with Gasteiger partial charge in [-0.15, -0.1) is 11.3 Å². The number of rotatable bonds is 5. The standard InChI is InChI=1S/C14H14BrClFNS/c1-2-18-12(10-7-13(15)19-8-10)6-9-4-3-5-11(16)14(9)17/h3-5,7-8,12,18H,2,6H2,1H3. The maximum absolute atomic E-state index is 14.0. The molecular formula is C14H14BrClFNS. The molecule has 1 unspecified atom stereocenters. The highest BCUT2D eigenvalue weighted by Gasteiger charge is 2.16. The van der Waals surface area contributed by atoms with Gasteiger partial charge < -0.3 is 5.32 Å². The topological polar surface area (TPSA) is 12.0 Å². The predicted octanol–water partition coefficient (Wildman–Crippen LogP) is 5.20. The Labute approximate surface area is 129 Å². The van der Waals surface area contributed by atoms with Gasteiger partial charge in [-0.25, -0.2) is 4.39 Å². The summed E-state index contributed by atoms with van der Waals surface area (Å²) in [6.45, 7) is 2.88. The van der Waals surface area contributed by atoms with Crippen molar-refractivity contribution in [2.75, 3.05) is 6.54 Å². The van der Waals surface area contributed by atoms with E-state index >= 15 is 0 Å². The van der Waals surface area contributed by atoms with Gasteiger partial charge in [-0.05, 0) is 57.5 Å². The fraction of sp³-hybridized carbons (Fsp3) is 0.286. The van der Waals surface area contributed by atoms with Gasteiger partial charge in [0.1, 0.15) is 5.82 Å². The number of likely N-dealkylation sites (N-methyl/N-ethyl adjacent to an activating group) is 1. The summed E-state index contributed by atoms with van der Waals surface area (Å²) in [5, 5.41) is 5.65. The van der Waals surface area contributed by atoms with E-state index < -0.39 is 0 Å². The highest BCUT2D eigenvalue weighted by atomic mass is 79.9. The second-order valence-corrected chi connectivity index (χ2v) is 6.91. The number of nitrogens with one attached hydrogen (secondary N) is 1. The molecule has 0 amide bonds. The molecule has 0 aliphatic heterocycles. The van der Waals surface area contributed by atoms with E-state index in [1.807, 2.05) is 6.92 Å². The van der Waals surface area contributed by atoms with Crippen LogP contribution < -0.4 is 5.32 Å². The van der Waals surface area contributed by atoms with Crippen molar-refractivity contribution in [1.29, 1.82) is 0 Å². The summed E-state index contributed by atoms with van der Waals surface area (Å²) >= 11 is 10.9. The summed E-state index contributed by atoms with van der Waals surface area (Å²) in [5.41, 5.74) is 1.80. The molecule has 0 fully saturated rings. The first-order chi connectivity index (χ1) is 9.11. The third kappa shape index (κ3) is 3.78. The summed E-state index contributed by atoms with van der Waals surface area (Å²) in [4.78, 5) is 0. The molecule has 0 saturated carbocycles. The van der Waals surface area contributed by atoms with E-state index in [2.05, 4.69) is 32.7 Å². The molecule has 2 rings (SSSR count). The Kier molecular flexibility index (Phi) is 5.39. The van der Waals surface area contributed by atoms with Gasteiger partial charge in [0, 0.05) is 6.04 Å². The van der Waals surface area contributed by atoms with Crippen molar-refractivity contribution in [3.05, 3.63) is 55.4 Å². The van der Waals surface area contributed by atoms with Crippen LogP contribution in [0.2, 0.25) is 5.02 Å². The SMILES string of the molecule is CCNC(Cc1cccc(Cl)c1F)c1csc(Br)c1. The molecule has 0 aliphatic rings. The Balaban J connectivity index is 2.23. The van der Waals surface area contributed by atoms with Crippen LogP contribution >= 0.6 is 38.9 Å². The lowest BCUT2D eigenvalue weighted by Crippen LogP contribution is -2.22. The smallest absolute Gasteiger partial charge is 0.145 e. The summed E-state index contributed by atoms with van der Waals surface area (Å²) in [5.74, 6) is -0.318. The second-order valence-electron chi connectivity index (χ2n) is 4.21. The lowest BCUT2D eigenvalue weighted by atomic mass is 10.0. The fourth-order valence-corrected chi connectivity index (χ4v) is 3.41. The van der Waals surface area contributed by atoms with Crippen LogP contribution in [0.15, 0.2) is 33.4 Å². The number of hydrogen-bond donors (Lipinski definition) is 1. The van der Waals surface area contributed by atoms with E-state index in [-0.39, 0.29) is 16.9 Å². The van der Waals surface area contributed by atoms with E-state index in [1.54, 1.807) is 29.5 Å².